The molecule has 1 saturated heterocycles. The Morgan fingerprint density at radius 1 is 1.13 bits per heavy atom. The van der Waals surface area contributed by atoms with Crippen LogP contribution < -0.4 is 4.80 Å². The maximum Gasteiger partial charge on any atom is 0.279 e. The van der Waals surface area contributed by atoms with E-state index < -0.39 is 15.9 Å². The summed E-state index contributed by atoms with van der Waals surface area (Å²) >= 11 is 4.96. The highest BCUT2D eigenvalue weighted by Gasteiger charge is 2.28. The number of para-hydroxylation sites is 1. The zero-order chi connectivity index (χ0) is 21.5. The molecule has 4 rings (SSSR count). The van der Waals surface area contributed by atoms with Gasteiger partial charge < -0.3 is 4.57 Å². The van der Waals surface area contributed by atoms with Gasteiger partial charge in [-0.1, -0.05) is 24.3 Å². The molecule has 1 aliphatic rings. The number of carbonyl (C=O) groups excluding carboxylic acids is 1. The van der Waals surface area contributed by atoms with Crippen molar-refractivity contribution in [1.82, 2.24) is 8.87 Å². The number of aryl methyl sites for hydroxylation is 1. The number of amides is 1. The van der Waals surface area contributed by atoms with Gasteiger partial charge in [0.1, 0.15) is 0 Å². The summed E-state index contributed by atoms with van der Waals surface area (Å²) in [5, 5.41) is 0. The molecular weight excluding hydrogens is 486 g/mol. The minimum Gasteiger partial charge on any atom is -0.318 e. The second kappa shape index (κ2) is 8.37. The third-order valence-corrected chi connectivity index (χ3v) is 9.10. The van der Waals surface area contributed by atoms with Gasteiger partial charge in [0.05, 0.1) is 15.1 Å². The zero-order valence-corrected chi connectivity index (χ0v) is 19.9. The van der Waals surface area contributed by atoms with Gasteiger partial charge in [-0.25, -0.2) is 8.42 Å². The van der Waals surface area contributed by atoms with Crippen LogP contribution in [0.4, 0.5) is 0 Å². The fraction of sp³-hybridized carbons (Fsp3) is 0.333. The van der Waals surface area contributed by atoms with Gasteiger partial charge in [0.15, 0.2) is 4.80 Å². The number of thiazole rings is 1. The Hall–Kier alpha value is -1.81. The molecule has 0 radical (unpaired) electrons. The Balaban J connectivity index is 1.60. The molecule has 1 aliphatic heterocycles. The molecule has 0 unspecified atom stereocenters. The van der Waals surface area contributed by atoms with Crippen molar-refractivity contribution in [3.63, 3.8) is 0 Å². The number of benzene rings is 2. The van der Waals surface area contributed by atoms with E-state index >= 15 is 0 Å². The van der Waals surface area contributed by atoms with E-state index in [9.17, 15) is 13.2 Å². The maximum absolute atomic E-state index is 12.9. The van der Waals surface area contributed by atoms with Crippen LogP contribution in [0.3, 0.4) is 0 Å². The first kappa shape index (κ1) is 21.4. The number of piperidine rings is 1. The second-order valence-electron chi connectivity index (χ2n) is 7.56. The van der Waals surface area contributed by atoms with E-state index in [1.54, 1.807) is 0 Å². The van der Waals surface area contributed by atoms with Crippen LogP contribution >= 0.6 is 27.3 Å². The quantitative estimate of drug-likeness (QED) is 0.534. The lowest BCUT2D eigenvalue weighted by Gasteiger charge is -2.29. The van der Waals surface area contributed by atoms with Crippen molar-refractivity contribution in [3.8, 4) is 0 Å². The van der Waals surface area contributed by atoms with E-state index in [4.69, 9.17) is 0 Å². The molecule has 30 heavy (non-hydrogen) atoms. The van der Waals surface area contributed by atoms with Crippen molar-refractivity contribution in [2.45, 2.75) is 24.7 Å². The highest BCUT2D eigenvalue weighted by molar-refractivity contribution is 9.10. The monoisotopic (exact) mass is 507 g/mol. The number of halogens is 1. The average Bonchev–Trinajstić information content (AvgIpc) is 3.05. The van der Waals surface area contributed by atoms with Crippen LogP contribution in [-0.4, -0.2) is 36.3 Å². The first-order valence-electron chi connectivity index (χ1n) is 9.70. The van der Waals surface area contributed by atoms with Crippen molar-refractivity contribution < 1.29 is 13.2 Å². The smallest absolute Gasteiger partial charge is 0.279 e. The number of hydrogen-bond acceptors (Lipinski definition) is 4. The van der Waals surface area contributed by atoms with Crippen LogP contribution in [0.25, 0.3) is 10.2 Å². The van der Waals surface area contributed by atoms with Gasteiger partial charge in [-0.3, -0.25) is 4.79 Å². The summed E-state index contributed by atoms with van der Waals surface area (Å²) < 4.78 is 31.1. The third kappa shape index (κ3) is 4.03. The fourth-order valence-electron chi connectivity index (χ4n) is 3.56. The van der Waals surface area contributed by atoms with Crippen LogP contribution in [0.1, 0.15) is 30.1 Å². The minimum absolute atomic E-state index is 0.213. The van der Waals surface area contributed by atoms with Gasteiger partial charge >= 0.3 is 0 Å². The van der Waals surface area contributed by atoms with E-state index in [1.807, 2.05) is 29.8 Å². The van der Waals surface area contributed by atoms with Gasteiger partial charge in [0.25, 0.3) is 5.91 Å². The van der Waals surface area contributed by atoms with E-state index in [0.717, 1.165) is 27.5 Å². The number of fused-ring (bicyclic) bond motifs is 1. The summed E-state index contributed by atoms with van der Waals surface area (Å²) in [7, 11) is -1.67. The molecule has 0 saturated carbocycles. The molecular formula is C21H22BrN3O3S2. The van der Waals surface area contributed by atoms with Gasteiger partial charge in [-0.2, -0.15) is 9.30 Å². The number of hydrogen-bond donors (Lipinski definition) is 0. The van der Waals surface area contributed by atoms with Gasteiger partial charge in [-0.15, -0.1) is 0 Å². The lowest BCUT2D eigenvalue weighted by molar-refractivity contribution is 0.0998. The summed E-state index contributed by atoms with van der Waals surface area (Å²) in [5.41, 5.74) is 1.34. The SMILES string of the molecule is CC1CCN(S(=O)(=O)c2ccc(C(=O)N=c3sc4cccc(Br)c4n3C)cc2)CC1. The topological polar surface area (TPSA) is 71.7 Å². The van der Waals surface area contributed by atoms with Crippen LogP contribution in [0, 0.1) is 5.92 Å². The normalized spacial score (nSPS) is 17.0. The highest BCUT2D eigenvalue weighted by Crippen LogP contribution is 2.25. The fourth-order valence-corrected chi connectivity index (χ4v) is 6.84. The Labute approximate surface area is 188 Å². The lowest BCUT2D eigenvalue weighted by Crippen LogP contribution is -2.37. The van der Waals surface area contributed by atoms with Crippen molar-refractivity contribution in [1.29, 1.82) is 0 Å². The summed E-state index contributed by atoms with van der Waals surface area (Å²) in [4.78, 5) is 17.7. The molecule has 2 heterocycles. The molecule has 0 aliphatic carbocycles. The molecule has 0 spiro atoms. The van der Waals surface area contributed by atoms with Gasteiger partial charge in [-0.05, 0) is 71.1 Å². The zero-order valence-electron chi connectivity index (χ0n) is 16.7. The van der Waals surface area contributed by atoms with E-state index in [1.165, 1.54) is 39.9 Å². The molecule has 158 valence electrons. The second-order valence-corrected chi connectivity index (χ2v) is 11.4. The van der Waals surface area contributed by atoms with Crippen molar-refractivity contribution >= 4 is 53.4 Å². The molecule has 0 bridgehead atoms. The Morgan fingerprint density at radius 2 is 1.80 bits per heavy atom. The number of rotatable bonds is 3. The summed E-state index contributed by atoms with van der Waals surface area (Å²) in [6.07, 6.45) is 1.74. The Bertz CT molecular complexity index is 1270. The van der Waals surface area contributed by atoms with Gasteiger partial charge in [0, 0.05) is 30.2 Å². The lowest BCUT2D eigenvalue weighted by atomic mass is 10.0. The number of carbonyl (C=O) groups is 1. The highest BCUT2D eigenvalue weighted by atomic mass is 79.9. The summed E-state index contributed by atoms with van der Waals surface area (Å²) in [6, 6.07) is 11.9. The third-order valence-electron chi connectivity index (χ3n) is 5.45. The first-order valence-corrected chi connectivity index (χ1v) is 12.8. The van der Waals surface area contributed by atoms with E-state index in [-0.39, 0.29) is 4.90 Å². The summed E-state index contributed by atoms with van der Waals surface area (Å²) in [5.74, 6) is 0.151. The average molecular weight is 508 g/mol. The molecule has 0 atom stereocenters. The first-order chi connectivity index (χ1) is 14.3. The molecule has 2 aromatic carbocycles. The standard InChI is InChI=1S/C21H22BrN3O3S2/c1-14-10-12-25(13-11-14)30(27,28)16-8-6-15(7-9-16)20(26)23-21-24(2)19-17(22)4-3-5-18(19)29-21/h3-9,14H,10-13H2,1-2H3. The molecule has 1 aromatic heterocycles. The largest absolute Gasteiger partial charge is 0.318 e. The van der Waals surface area contributed by atoms with Crippen LogP contribution in [-0.2, 0) is 17.1 Å². The molecule has 1 fully saturated rings. The molecule has 6 nitrogen and oxygen atoms in total. The van der Waals surface area contributed by atoms with Crippen LogP contribution in [0.15, 0.2) is 56.8 Å². The van der Waals surface area contributed by atoms with Crippen LogP contribution in [0.5, 0.6) is 0 Å². The predicted molar refractivity (Wildman–Crippen MR) is 122 cm³/mol. The van der Waals surface area contributed by atoms with Crippen molar-refractivity contribution in [2.24, 2.45) is 18.0 Å². The Morgan fingerprint density at radius 3 is 2.43 bits per heavy atom. The predicted octanol–water partition coefficient (Wildman–Crippen LogP) is 4.16. The summed E-state index contributed by atoms with van der Waals surface area (Å²) in [6.45, 7) is 3.22. The molecule has 9 heteroatoms. The van der Waals surface area contributed by atoms with Crippen molar-refractivity contribution in [3.05, 3.63) is 57.3 Å². The number of aromatic nitrogens is 1. The number of nitrogens with zero attached hydrogens (tertiary/aromatic N) is 3. The number of sulfonamides is 1. The van der Waals surface area contributed by atoms with E-state index in [2.05, 4.69) is 27.8 Å². The van der Waals surface area contributed by atoms with E-state index in [0.29, 0.717) is 29.4 Å². The maximum atomic E-state index is 12.9. The van der Waals surface area contributed by atoms with Crippen LogP contribution in [0.2, 0.25) is 0 Å². The van der Waals surface area contributed by atoms with Gasteiger partial charge in [0.2, 0.25) is 10.0 Å². The minimum atomic E-state index is -3.53. The molecule has 1 amide bonds. The van der Waals surface area contributed by atoms with Crippen molar-refractivity contribution in [2.75, 3.05) is 13.1 Å². The Kier molecular flexibility index (Phi) is 5.98. The molecule has 0 N–H and O–H groups in total. The molecule has 3 aromatic rings.